The van der Waals surface area contributed by atoms with Gasteiger partial charge >= 0.3 is 0 Å². The van der Waals surface area contributed by atoms with E-state index in [1.165, 1.54) is 19.2 Å². The molecule has 3 heterocycles. The zero-order chi connectivity index (χ0) is 22.0. The van der Waals surface area contributed by atoms with Gasteiger partial charge in [-0.25, -0.2) is 14.4 Å². The molecular formula is C21H21ClFN7O. The monoisotopic (exact) mass is 441 g/mol. The molecule has 0 atom stereocenters. The zero-order valence-electron chi connectivity index (χ0n) is 17.3. The second kappa shape index (κ2) is 8.83. The molecule has 10 heteroatoms. The lowest BCUT2D eigenvalue weighted by atomic mass is 10.2. The van der Waals surface area contributed by atoms with Gasteiger partial charge in [-0.3, -0.25) is 9.67 Å². The van der Waals surface area contributed by atoms with Crippen LogP contribution in [0.5, 0.6) is 5.75 Å². The second-order valence-corrected chi connectivity index (χ2v) is 7.22. The van der Waals surface area contributed by atoms with Crippen LogP contribution < -0.4 is 15.0 Å². The van der Waals surface area contributed by atoms with E-state index < -0.39 is 5.82 Å². The maximum absolute atomic E-state index is 14.9. The Morgan fingerprint density at radius 1 is 1.19 bits per heavy atom. The lowest BCUT2D eigenvalue weighted by Gasteiger charge is -2.26. The SMILES string of the molecule is CNCCN(c1ccc2ncc(-c3cnn(C)c3)nc2n1)c1c(F)ccc(OC)c1Cl. The van der Waals surface area contributed by atoms with Crippen molar-refractivity contribution in [1.29, 1.82) is 0 Å². The Hall–Kier alpha value is -3.30. The number of fused-ring (bicyclic) bond motifs is 1. The molecule has 0 radical (unpaired) electrons. The fourth-order valence-corrected chi connectivity index (χ4v) is 3.56. The molecule has 4 aromatic rings. The molecule has 0 amide bonds. The van der Waals surface area contributed by atoms with Crippen molar-refractivity contribution in [2.24, 2.45) is 7.05 Å². The number of nitrogens with one attached hydrogen (secondary N) is 1. The first kappa shape index (κ1) is 21.0. The summed E-state index contributed by atoms with van der Waals surface area (Å²) < 4.78 is 21.8. The zero-order valence-corrected chi connectivity index (χ0v) is 18.1. The lowest BCUT2D eigenvalue weighted by molar-refractivity contribution is 0.414. The van der Waals surface area contributed by atoms with Crippen LogP contribution in [0.2, 0.25) is 5.02 Å². The van der Waals surface area contributed by atoms with Gasteiger partial charge in [0.25, 0.3) is 0 Å². The molecule has 0 fully saturated rings. The predicted octanol–water partition coefficient (Wildman–Crippen LogP) is 3.58. The third kappa shape index (κ3) is 4.14. The number of likely N-dealkylation sites (N-methyl/N-ethyl adjacent to an activating group) is 1. The maximum atomic E-state index is 14.9. The van der Waals surface area contributed by atoms with Crippen molar-refractivity contribution in [1.82, 2.24) is 30.0 Å². The normalized spacial score (nSPS) is 11.1. The highest BCUT2D eigenvalue weighted by Crippen LogP contribution is 2.39. The highest BCUT2D eigenvalue weighted by Gasteiger charge is 2.22. The van der Waals surface area contributed by atoms with Crippen molar-refractivity contribution in [2.75, 3.05) is 32.1 Å². The van der Waals surface area contributed by atoms with E-state index in [9.17, 15) is 4.39 Å². The quantitative estimate of drug-likeness (QED) is 0.469. The molecule has 4 rings (SSSR count). The van der Waals surface area contributed by atoms with Crippen LogP contribution in [0, 0.1) is 5.82 Å². The van der Waals surface area contributed by atoms with Gasteiger partial charge in [-0.2, -0.15) is 5.10 Å². The van der Waals surface area contributed by atoms with Crippen LogP contribution >= 0.6 is 11.6 Å². The Kier molecular flexibility index (Phi) is 5.97. The average molecular weight is 442 g/mol. The average Bonchev–Trinajstić information content (AvgIpc) is 3.21. The number of aryl methyl sites for hydroxylation is 1. The van der Waals surface area contributed by atoms with Crippen molar-refractivity contribution < 1.29 is 9.13 Å². The van der Waals surface area contributed by atoms with Crippen LogP contribution in [0.15, 0.2) is 42.9 Å². The number of methoxy groups -OCH3 is 1. The van der Waals surface area contributed by atoms with Crippen molar-refractivity contribution in [3.63, 3.8) is 0 Å². The molecule has 0 aliphatic carbocycles. The molecule has 0 aliphatic rings. The van der Waals surface area contributed by atoms with Crippen LogP contribution in [0.25, 0.3) is 22.4 Å². The Morgan fingerprint density at radius 2 is 2.03 bits per heavy atom. The molecule has 0 unspecified atom stereocenters. The first-order chi connectivity index (χ1) is 15.0. The number of ether oxygens (including phenoxy) is 1. The van der Waals surface area contributed by atoms with Gasteiger partial charge < -0.3 is 15.0 Å². The number of benzene rings is 1. The minimum Gasteiger partial charge on any atom is -0.495 e. The van der Waals surface area contributed by atoms with Gasteiger partial charge in [0.15, 0.2) is 5.65 Å². The number of pyridine rings is 1. The Balaban J connectivity index is 1.83. The molecule has 0 saturated carbocycles. The third-order valence-electron chi connectivity index (χ3n) is 4.78. The first-order valence-electron chi connectivity index (χ1n) is 9.58. The molecule has 1 N–H and O–H groups in total. The fourth-order valence-electron chi connectivity index (χ4n) is 3.22. The minimum atomic E-state index is -0.473. The molecule has 0 saturated heterocycles. The summed E-state index contributed by atoms with van der Waals surface area (Å²) in [6.07, 6.45) is 5.24. The number of anilines is 2. The number of rotatable bonds is 7. The van der Waals surface area contributed by atoms with Gasteiger partial charge in [0, 0.05) is 31.9 Å². The Morgan fingerprint density at radius 3 is 2.74 bits per heavy atom. The lowest BCUT2D eigenvalue weighted by Crippen LogP contribution is -2.28. The highest BCUT2D eigenvalue weighted by molar-refractivity contribution is 6.35. The van der Waals surface area contributed by atoms with E-state index in [1.807, 2.05) is 20.3 Å². The molecule has 3 aromatic heterocycles. The fraction of sp³-hybridized carbons (Fsp3) is 0.238. The first-order valence-corrected chi connectivity index (χ1v) is 9.96. The van der Waals surface area contributed by atoms with Crippen LogP contribution in [0.3, 0.4) is 0 Å². The standard InChI is InChI=1S/C21H21ClFN7O/c1-24-8-9-30(20-14(23)4-6-17(31-3)19(20)22)18-7-5-15-21(28-18)27-16(11-25-15)13-10-26-29(2)12-13/h4-7,10-12,24H,8-9H2,1-3H3. The summed E-state index contributed by atoms with van der Waals surface area (Å²) in [5, 5.41) is 7.42. The Labute approximate surface area is 183 Å². The van der Waals surface area contributed by atoms with Crippen molar-refractivity contribution >= 4 is 34.3 Å². The van der Waals surface area contributed by atoms with E-state index in [1.54, 1.807) is 34.1 Å². The number of aromatic nitrogens is 5. The van der Waals surface area contributed by atoms with Crippen LogP contribution in [-0.4, -0.2) is 52.0 Å². The summed E-state index contributed by atoms with van der Waals surface area (Å²) in [6.45, 7) is 1.00. The molecular weight excluding hydrogens is 421 g/mol. The smallest absolute Gasteiger partial charge is 0.180 e. The van der Waals surface area contributed by atoms with Gasteiger partial charge in [-0.15, -0.1) is 0 Å². The molecule has 0 bridgehead atoms. The molecule has 8 nitrogen and oxygen atoms in total. The number of hydrogen-bond acceptors (Lipinski definition) is 7. The maximum Gasteiger partial charge on any atom is 0.180 e. The summed E-state index contributed by atoms with van der Waals surface area (Å²) in [5.41, 5.74) is 2.74. The van der Waals surface area contributed by atoms with Crippen LogP contribution in [0.4, 0.5) is 15.9 Å². The van der Waals surface area contributed by atoms with Gasteiger partial charge in [-0.1, -0.05) is 11.6 Å². The van der Waals surface area contributed by atoms with E-state index >= 15 is 0 Å². The molecule has 0 spiro atoms. The number of hydrogen-bond donors (Lipinski definition) is 1. The Bertz CT molecular complexity index is 1230. The van der Waals surface area contributed by atoms with Gasteiger partial charge in [0.1, 0.15) is 33.6 Å². The van der Waals surface area contributed by atoms with E-state index in [-0.39, 0.29) is 10.7 Å². The van der Waals surface area contributed by atoms with Gasteiger partial charge in [0.2, 0.25) is 0 Å². The summed E-state index contributed by atoms with van der Waals surface area (Å²) in [5.74, 6) is 0.403. The van der Waals surface area contributed by atoms with Gasteiger partial charge in [0.05, 0.1) is 25.2 Å². The number of nitrogens with zero attached hydrogens (tertiary/aromatic N) is 6. The van der Waals surface area contributed by atoms with Gasteiger partial charge in [-0.05, 0) is 31.3 Å². The molecule has 1 aromatic carbocycles. The van der Waals surface area contributed by atoms with Crippen LogP contribution in [-0.2, 0) is 7.05 Å². The molecule has 0 aliphatic heterocycles. The van der Waals surface area contributed by atoms with Crippen molar-refractivity contribution in [2.45, 2.75) is 0 Å². The van der Waals surface area contributed by atoms with E-state index in [2.05, 4.69) is 25.4 Å². The van der Waals surface area contributed by atoms with Crippen LogP contribution in [0.1, 0.15) is 0 Å². The predicted molar refractivity (Wildman–Crippen MR) is 118 cm³/mol. The van der Waals surface area contributed by atoms with E-state index in [0.29, 0.717) is 41.5 Å². The second-order valence-electron chi connectivity index (χ2n) is 6.84. The summed E-state index contributed by atoms with van der Waals surface area (Å²) >= 11 is 6.47. The molecule has 160 valence electrons. The highest BCUT2D eigenvalue weighted by atomic mass is 35.5. The van der Waals surface area contributed by atoms with E-state index in [4.69, 9.17) is 16.3 Å². The summed E-state index contributed by atoms with van der Waals surface area (Å²) in [6, 6.07) is 6.40. The molecule has 31 heavy (non-hydrogen) atoms. The third-order valence-corrected chi connectivity index (χ3v) is 5.14. The van der Waals surface area contributed by atoms with E-state index in [0.717, 1.165) is 5.56 Å². The summed E-state index contributed by atoms with van der Waals surface area (Å²) in [4.78, 5) is 15.5. The topological polar surface area (TPSA) is 81.0 Å². The van der Waals surface area contributed by atoms with Crippen molar-refractivity contribution in [3.05, 3.63) is 53.7 Å². The number of halogens is 2. The van der Waals surface area contributed by atoms with Crippen molar-refractivity contribution in [3.8, 4) is 17.0 Å². The largest absolute Gasteiger partial charge is 0.495 e. The minimum absolute atomic E-state index is 0.177. The summed E-state index contributed by atoms with van der Waals surface area (Å²) in [7, 11) is 5.15.